The van der Waals surface area contributed by atoms with Crippen molar-refractivity contribution in [1.29, 1.82) is 0 Å². The molecular weight excluding hydrogens is 458 g/mol. The van der Waals surface area contributed by atoms with Gasteiger partial charge in [0.25, 0.3) is 5.56 Å². The number of aryl methyl sites for hydroxylation is 1. The Hall–Kier alpha value is -3.23. The third-order valence-corrected chi connectivity index (χ3v) is 11.0. The zero-order chi connectivity index (χ0) is 25.6. The Morgan fingerprint density at radius 1 is 1.06 bits per heavy atom. The van der Waals surface area contributed by atoms with Gasteiger partial charge in [-0.3, -0.25) is 14.7 Å². The lowest BCUT2D eigenvalue weighted by atomic mass is 10.1. The quantitative estimate of drug-likeness (QED) is 0.390. The molecular formula is C27H35N3O4Si. The van der Waals surface area contributed by atoms with E-state index in [4.69, 9.17) is 9.16 Å². The van der Waals surface area contributed by atoms with Crippen LogP contribution in [0.15, 0.2) is 65.6 Å². The zero-order valence-corrected chi connectivity index (χ0v) is 22.4. The number of amides is 1. The Balaban J connectivity index is 1.85. The van der Waals surface area contributed by atoms with Crippen LogP contribution < -0.4 is 10.9 Å². The third-order valence-electron chi connectivity index (χ3n) is 6.47. The molecule has 1 aromatic heterocycles. The number of carbonyl (C=O) groups excluding carboxylic acids is 1. The van der Waals surface area contributed by atoms with Crippen LogP contribution >= 0.6 is 0 Å². The van der Waals surface area contributed by atoms with Crippen LogP contribution in [0.5, 0.6) is 0 Å². The maximum absolute atomic E-state index is 13.4. The van der Waals surface area contributed by atoms with Crippen molar-refractivity contribution in [2.24, 2.45) is 0 Å². The molecule has 0 spiro atoms. The fourth-order valence-corrected chi connectivity index (χ4v) is 4.34. The molecule has 0 saturated heterocycles. The molecule has 0 aliphatic rings. The van der Waals surface area contributed by atoms with Crippen LogP contribution in [0, 0.1) is 6.92 Å². The van der Waals surface area contributed by atoms with Crippen molar-refractivity contribution in [3.05, 3.63) is 82.3 Å². The number of rotatable bonds is 8. The van der Waals surface area contributed by atoms with Gasteiger partial charge in [-0.2, -0.15) is 0 Å². The first-order valence-corrected chi connectivity index (χ1v) is 14.7. The smallest absolute Gasteiger partial charge is 0.412 e. The van der Waals surface area contributed by atoms with E-state index in [2.05, 4.69) is 44.2 Å². The Morgan fingerprint density at radius 2 is 1.71 bits per heavy atom. The average Bonchev–Trinajstić information content (AvgIpc) is 2.80. The van der Waals surface area contributed by atoms with Crippen LogP contribution in [0.25, 0.3) is 11.4 Å². The highest BCUT2D eigenvalue weighted by Gasteiger charge is 2.37. The summed E-state index contributed by atoms with van der Waals surface area (Å²) in [6, 6.07) is 17.1. The summed E-state index contributed by atoms with van der Waals surface area (Å²) in [7, 11) is -1.99. The van der Waals surface area contributed by atoms with Gasteiger partial charge in [0.1, 0.15) is 18.1 Å². The van der Waals surface area contributed by atoms with E-state index in [1.54, 1.807) is 4.57 Å². The van der Waals surface area contributed by atoms with Crippen LogP contribution in [0.2, 0.25) is 18.1 Å². The van der Waals surface area contributed by atoms with Gasteiger partial charge in [-0.15, -0.1) is 0 Å². The second-order valence-electron chi connectivity index (χ2n) is 10.1. The largest absolute Gasteiger partial charge is 0.444 e. The minimum absolute atomic E-state index is 0.0565. The van der Waals surface area contributed by atoms with E-state index >= 15 is 0 Å². The number of benzene rings is 2. The van der Waals surface area contributed by atoms with Gasteiger partial charge in [0, 0.05) is 12.1 Å². The molecule has 0 atom stereocenters. The lowest BCUT2D eigenvalue weighted by Crippen LogP contribution is -2.42. The van der Waals surface area contributed by atoms with Gasteiger partial charge in [-0.1, -0.05) is 75.4 Å². The highest BCUT2D eigenvalue weighted by Crippen LogP contribution is 2.36. The van der Waals surface area contributed by atoms with E-state index in [9.17, 15) is 9.59 Å². The summed E-state index contributed by atoms with van der Waals surface area (Å²) in [6.45, 7) is 13.7. The van der Waals surface area contributed by atoms with E-state index < -0.39 is 14.4 Å². The first kappa shape index (κ1) is 26.4. The summed E-state index contributed by atoms with van der Waals surface area (Å²) >= 11 is 0. The molecule has 0 aliphatic carbocycles. The Bertz CT molecular complexity index is 1220. The number of nitrogens with one attached hydrogen (secondary N) is 1. The predicted octanol–water partition coefficient (Wildman–Crippen LogP) is 5.99. The predicted molar refractivity (Wildman–Crippen MR) is 142 cm³/mol. The van der Waals surface area contributed by atoms with Crippen molar-refractivity contribution >= 4 is 20.1 Å². The van der Waals surface area contributed by atoms with Crippen LogP contribution in [0.4, 0.5) is 10.5 Å². The Kier molecular flexibility index (Phi) is 8.29. The number of carbonyl (C=O) groups is 1. The van der Waals surface area contributed by atoms with Gasteiger partial charge >= 0.3 is 6.09 Å². The van der Waals surface area contributed by atoms with Crippen LogP contribution in [0.1, 0.15) is 31.9 Å². The molecule has 3 aromatic rings. The van der Waals surface area contributed by atoms with Crippen molar-refractivity contribution in [2.45, 2.75) is 59.0 Å². The van der Waals surface area contributed by atoms with Crippen LogP contribution in [-0.4, -0.2) is 30.6 Å². The second kappa shape index (κ2) is 11.0. The van der Waals surface area contributed by atoms with Gasteiger partial charge in [-0.25, -0.2) is 9.78 Å². The van der Waals surface area contributed by atoms with Crippen molar-refractivity contribution in [3.8, 4) is 11.4 Å². The number of aromatic nitrogens is 2. The topological polar surface area (TPSA) is 82.5 Å². The maximum atomic E-state index is 13.4. The summed E-state index contributed by atoms with van der Waals surface area (Å²) in [5.41, 5.74) is 2.42. The first-order valence-electron chi connectivity index (χ1n) is 11.8. The summed E-state index contributed by atoms with van der Waals surface area (Å²) < 4.78 is 13.2. The van der Waals surface area contributed by atoms with Gasteiger partial charge in [-0.05, 0) is 36.2 Å². The summed E-state index contributed by atoms with van der Waals surface area (Å²) in [5, 5.41) is 2.61. The molecule has 0 aliphatic heterocycles. The van der Waals surface area contributed by atoms with Gasteiger partial charge in [0.2, 0.25) is 0 Å². The highest BCUT2D eigenvalue weighted by molar-refractivity contribution is 6.74. The standard InChI is InChI=1S/C27H35N3O4Si/c1-20-12-10-11-15-22(20)24-28-18-23(29-26(32)33-19-21-13-8-7-9-14-21)25(31)30(24)16-17-34-35(5,6)27(2,3)4/h7-15,18H,16-17,19H2,1-6H3,(H,29,32). The van der Waals surface area contributed by atoms with E-state index in [0.29, 0.717) is 19.0 Å². The fourth-order valence-electron chi connectivity index (χ4n) is 3.30. The van der Waals surface area contributed by atoms with Crippen molar-refractivity contribution in [3.63, 3.8) is 0 Å². The normalized spacial score (nSPS) is 11.8. The van der Waals surface area contributed by atoms with E-state index in [1.807, 2.05) is 61.5 Å². The molecule has 2 aromatic carbocycles. The van der Waals surface area contributed by atoms with Crippen molar-refractivity contribution in [1.82, 2.24) is 9.55 Å². The van der Waals surface area contributed by atoms with E-state index in [-0.39, 0.29) is 22.9 Å². The molecule has 186 valence electrons. The maximum Gasteiger partial charge on any atom is 0.412 e. The summed E-state index contributed by atoms with van der Waals surface area (Å²) in [4.78, 5) is 30.4. The minimum atomic E-state index is -1.99. The monoisotopic (exact) mass is 493 g/mol. The van der Waals surface area contributed by atoms with Gasteiger partial charge in [0.05, 0.1) is 12.8 Å². The summed E-state index contributed by atoms with van der Waals surface area (Å²) in [5.74, 6) is 0.537. The molecule has 3 rings (SSSR count). The lowest BCUT2D eigenvalue weighted by Gasteiger charge is -2.36. The third kappa shape index (κ3) is 6.67. The molecule has 0 fully saturated rings. The summed E-state index contributed by atoms with van der Waals surface area (Å²) in [6.07, 6.45) is 0.680. The van der Waals surface area contributed by atoms with Crippen molar-refractivity contribution in [2.75, 3.05) is 11.9 Å². The number of hydrogen-bond donors (Lipinski definition) is 1. The zero-order valence-electron chi connectivity index (χ0n) is 21.4. The number of hydrogen-bond acceptors (Lipinski definition) is 5. The number of ether oxygens (including phenoxy) is 1. The van der Waals surface area contributed by atoms with Gasteiger partial charge < -0.3 is 9.16 Å². The number of nitrogens with zero attached hydrogens (tertiary/aromatic N) is 2. The van der Waals surface area contributed by atoms with Crippen LogP contribution in [-0.2, 0) is 22.3 Å². The number of anilines is 1. The van der Waals surface area contributed by atoms with Crippen molar-refractivity contribution < 1.29 is 14.0 Å². The molecule has 8 heteroatoms. The second-order valence-corrected chi connectivity index (χ2v) is 14.9. The average molecular weight is 494 g/mol. The molecule has 0 radical (unpaired) electrons. The molecule has 0 bridgehead atoms. The molecule has 1 amide bonds. The molecule has 7 nitrogen and oxygen atoms in total. The Labute approximate surface area is 208 Å². The first-order chi connectivity index (χ1) is 16.5. The molecule has 0 unspecified atom stereocenters. The highest BCUT2D eigenvalue weighted by atomic mass is 28.4. The minimum Gasteiger partial charge on any atom is -0.444 e. The van der Waals surface area contributed by atoms with E-state index in [1.165, 1.54) is 6.20 Å². The van der Waals surface area contributed by atoms with Crippen LogP contribution in [0.3, 0.4) is 0 Å². The molecule has 1 N–H and O–H groups in total. The molecule has 0 saturated carbocycles. The molecule has 35 heavy (non-hydrogen) atoms. The van der Waals surface area contributed by atoms with Gasteiger partial charge in [0.15, 0.2) is 8.32 Å². The fraction of sp³-hybridized carbons (Fsp3) is 0.370. The lowest BCUT2D eigenvalue weighted by molar-refractivity contribution is 0.155. The Morgan fingerprint density at radius 3 is 2.37 bits per heavy atom. The SMILES string of the molecule is Cc1ccccc1-c1ncc(NC(=O)OCc2ccccc2)c(=O)n1CCO[Si](C)(C)C(C)(C)C. The molecule has 1 heterocycles. The van der Waals surface area contributed by atoms with E-state index in [0.717, 1.165) is 16.7 Å².